The van der Waals surface area contributed by atoms with Crippen LogP contribution in [-0.2, 0) is 7.05 Å². The van der Waals surface area contributed by atoms with Crippen LogP contribution in [0.3, 0.4) is 0 Å². The summed E-state index contributed by atoms with van der Waals surface area (Å²) in [6, 6.07) is 4.09. The lowest BCUT2D eigenvalue weighted by Crippen LogP contribution is -2.10. The van der Waals surface area contributed by atoms with Gasteiger partial charge in [-0.25, -0.2) is 4.39 Å². The van der Waals surface area contributed by atoms with Gasteiger partial charge in [0.25, 0.3) is 0 Å². The Balaban J connectivity index is 2.51. The second kappa shape index (κ2) is 4.85. The number of hydrogen-bond donors (Lipinski definition) is 0. The summed E-state index contributed by atoms with van der Waals surface area (Å²) in [5.74, 6) is -0.531. The fourth-order valence-electron chi connectivity index (χ4n) is 1.47. The minimum atomic E-state index is -0.352. The Bertz CT molecular complexity index is 578. The number of hydrogen-bond acceptors (Lipinski definition) is 2. The van der Waals surface area contributed by atoms with Gasteiger partial charge in [-0.05, 0) is 56.7 Å². The SMILES string of the molecule is Cn1ncc(Br)c1C(=O)c1ccc(F)cc1I. The molecule has 88 valence electrons. The lowest BCUT2D eigenvalue weighted by molar-refractivity contribution is 0.102. The number of carbonyl (C=O) groups excluding carboxylic acids is 1. The predicted octanol–water partition coefficient (Wildman–Crippen LogP) is 3.16. The van der Waals surface area contributed by atoms with Crippen LogP contribution in [0.4, 0.5) is 4.39 Å². The molecule has 0 aliphatic heterocycles. The van der Waals surface area contributed by atoms with E-state index in [-0.39, 0.29) is 11.6 Å². The molecular formula is C11H7BrFIN2O. The zero-order valence-corrected chi connectivity index (χ0v) is 12.5. The molecule has 17 heavy (non-hydrogen) atoms. The van der Waals surface area contributed by atoms with E-state index in [0.717, 1.165) is 0 Å². The first kappa shape index (κ1) is 12.7. The summed E-state index contributed by atoms with van der Waals surface area (Å²) in [6.07, 6.45) is 1.56. The van der Waals surface area contributed by atoms with Crippen LogP contribution in [0.25, 0.3) is 0 Å². The van der Waals surface area contributed by atoms with E-state index >= 15 is 0 Å². The van der Waals surface area contributed by atoms with Crippen LogP contribution in [0.2, 0.25) is 0 Å². The maximum Gasteiger partial charge on any atom is 0.213 e. The van der Waals surface area contributed by atoms with Gasteiger partial charge < -0.3 is 0 Å². The Hall–Kier alpha value is -0.760. The van der Waals surface area contributed by atoms with Gasteiger partial charge in [-0.15, -0.1) is 0 Å². The molecule has 0 spiro atoms. The molecular weight excluding hydrogens is 402 g/mol. The standard InChI is InChI=1S/C11H7BrFIN2O/c1-16-10(8(12)5-15-16)11(17)7-3-2-6(13)4-9(7)14/h2-5H,1H3. The van der Waals surface area contributed by atoms with Crippen LogP contribution < -0.4 is 0 Å². The van der Waals surface area contributed by atoms with Crippen LogP contribution in [0.15, 0.2) is 28.9 Å². The zero-order chi connectivity index (χ0) is 12.6. The van der Waals surface area contributed by atoms with E-state index in [2.05, 4.69) is 21.0 Å². The number of aromatic nitrogens is 2. The van der Waals surface area contributed by atoms with Crippen molar-refractivity contribution in [1.82, 2.24) is 9.78 Å². The zero-order valence-electron chi connectivity index (χ0n) is 8.75. The summed E-state index contributed by atoms with van der Waals surface area (Å²) in [4.78, 5) is 12.3. The first-order chi connectivity index (χ1) is 8.00. The molecule has 0 aliphatic carbocycles. The number of nitrogens with zero attached hydrogens (tertiary/aromatic N) is 2. The number of ketones is 1. The molecule has 0 bridgehead atoms. The summed E-state index contributed by atoms with van der Waals surface area (Å²) >= 11 is 5.22. The molecule has 0 amide bonds. The van der Waals surface area contributed by atoms with E-state index < -0.39 is 0 Å². The summed E-state index contributed by atoms with van der Waals surface area (Å²) < 4.78 is 15.7. The molecule has 0 aliphatic rings. The molecule has 2 rings (SSSR count). The molecule has 0 radical (unpaired) electrons. The molecule has 0 unspecified atom stereocenters. The topological polar surface area (TPSA) is 34.9 Å². The summed E-state index contributed by atoms with van der Waals surface area (Å²) in [5, 5.41) is 3.98. The molecule has 1 heterocycles. The third-order valence-corrected chi connectivity index (χ3v) is 3.76. The average Bonchev–Trinajstić information content (AvgIpc) is 2.58. The van der Waals surface area contributed by atoms with Crippen molar-refractivity contribution in [3.63, 3.8) is 0 Å². The second-order valence-corrected chi connectivity index (χ2v) is 5.43. The maximum atomic E-state index is 13.0. The summed E-state index contributed by atoms with van der Waals surface area (Å²) in [5.41, 5.74) is 0.922. The molecule has 1 aromatic carbocycles. The summed E-state index contributed by atoms with van der Waals surface area (Å²) in [7, 11) is 1.69. The van der Waals surface area contributed by atoms with E-state index in [9.17, 15) is 9.18 Å². The van der Waals surface area contributed by atoms with Crippen molar-refractivity contribution in [2.45, 2.75) is 0 Å². The van der Waals surface area contributed by atoms with Gasteiger partial charge in [-0.2, -0.15) is 5.10 Å². The number of carbonyl (C=O) groups is 1. The lowest BCUT2D eigenvalue weighted by atomic mass is 10.1. The van der Waals surface area contributed by atoms with Crippen molar-refractivity contribution in [3.05, 3.63) is 49.5 Å². The fraction of sp³-hybridized carbons (Fsp3) is 0.0909. The van der Waals surface area contributed by atoms with E-state index in [4.69, 9.17) is 0 Å². The van der Waals surface area contributed by atoms with Crippen LogP contribution in [0.5, 0.6) is 0 Å². The highest BCUT2D eigenvalue weighted by atomic mass is 127. The first-order valence-corrected chi connectivity index (χ1v) is 6.55. The van der Waals surface area contributed by atoms with Crippen LogP contribution in [-0.4, -0.2) is 15.6 Å². The lowest BCUT2D eigenvalue weighted by Gasteiger charge is -2.05. The number of benzene rings is 1. The maximum absolute atomic E-state index is 13.0. The van der Waals surface area contributed by atoms with Gasteiger partial charge in [0.1, 0.15) is 11.5 Å². The van der Waals surface area contributed by atoms with Gasteiger partial charge >= 0.3 is 0 Å². The Morgan fingerprint density at radius 2 is 2.24 bits per heavy atom. The minimum Gasteiger partial charge on any atom is -0.287 e. The highest BCUT2D eigenvalue weighted by Gasteiger charge is 2.19. The molecule has 0 fully saturated rings. The van der Waals surface area contributed by atoms with Gasteiger partial charge in [0.05, 0.1) is 10.7 Å². The Labute approximate surface area is 119 Å². The van der Waals surface area contributed by atoms with Gasteiger partial charge in [-0.3, -0.25) is 9.48 Å². The van der Waals surface area contributed by atoms with Crippen molar-refractivity contribution >= 4 is 44.3 Å². The molecule has 0 saturated heterocycles. The smallest absolute Gasteiger partial charge is 0.213 e. The quantitative estimate of drug-likeness (QED) is 0.565. The molecule has 0 saturated carbocycles. The minimum absolute atomic E-state index is 0.179. The average molecular weight is 409 g/mol. The van der Waals surface area contributed by atoms with Crippen LogP contribution in [0.1, 0.15) is 16.1 Å². The highest BCUT2D eigenvalue weighted by molar-refractivity contribution is 14.1. The number of rotatable bonds is 2. The van der Waals surface area contributed by atoms with Crippen LogP contribution in [0, 0.1) is 9.39 Å². The normalized spacial score (nSPS) is 10.6. The number of halogens is 3. The predicted molar refractivity (Wildman–Crippen MR) is 73.5 cm³/mol. The second-order valence-electron chi connectivity index (χ2n) is 3.42. The number of aryl methyl sites for hydroxylation is 1. The Morgan fingerprint density at radius 1 is 1.53 bits per heavy atom. The third-order valence-electron chi connectivity index (χ3n) is 2.28. The van der Waals surface area contributed by atoms with Crippen molar-refractivity contribution in [1.29, 1.82) is 0 Å². The van der Waals surface area contributed by atoms with Gasteiger partial charge in [0, 0.05) is 16.2 Å². The third kappa shape index (κ3) is 2.42. The fourth-order valence-corrected chi connectivity index (χ4v) is 2.72. The van der Waals surface area contributed by atoms with Crippen molar-refractivity contribution in [2.24, 2.45) is 7.05 Å². The van der Waals surface area contributed by atoms with Gasteiger partial charge in [0.2, 0.25) is 5.78 Å². The largest absolute Gasteiger partial charge is 0.287 e. The van der Waals surface area contributed by atoms with E-state index in [1.54, 1.807) is 13.2 Å². The Morgan fingerprint density at radius 3 is 2.76 bits per heavy atom. The van der Waals surface area contributed by atoms with Gasteiger partial charge in [0.15, 0.2) is 0 Å². The molecule has 0 atom stereocenters. The molecule has 3 nitrogen and oxygen atoms in total. The van der Waals surface area contributed by atoms with Crippen LogP contribution >= 0.6 is 38.5 Å². The molecule has 1 aromatic heterocycles. The Kier molecular flexibility index (Phi) is 3.62. The first-order valence-electron chi connectivity index (χ1n) is 4.68. The molecule has 6 heteroatoms. The van der Waals surface area contributed by atoms with Crippen molar-refractivity contribution in [2.75, 3.05) is 0 Å². The highest BCUT2D eigenvalue weighted by Crippen LogP contribution is 2.22. The molecule has 0 N–H and O–H groups in total. The van der Waals surface area contributed by atoms with E-state index in [1.165, 1.54) is 22.9 Å². The monoisotopic (exact) mass is 408 g/mol. The molecule has 2 aromatic rings. The van der Waals surface area contributed by atoms with Crippen molar-refractivity contribution < 1.29 is 9.18 Å². The summed E-state index contributed by atoms with van der Waals surface area (Å²) in [6.45, 7) is 0. The van der Waals surface area contributed by atoms with E-state index in [1.807, 2.05) is 22.6 Å². The van der Waals surface area contributed by atoms with Gasteiger partial charge in [-0.1, -0.05) is 0 Å². The van der Waals surface area contributed by atoms with Crippen molar-refractivity contribution in [3.8, 4) is 0 Å². The van der Waals surface area contributed by atoms with E-state index in [0.29, 0.717) is 19.3 Å².